The molecule has 108 valence electrons. The Morgan fingerprint density at radius 3 is 2.90 bits per heavy atom. The van der Waals surface area contributed by atoms with Gasteiger partial charge in [-0.3, -0.25) is 4.79 Å². The van der Waals surface area contributed by atoms with Gasteiger partial charge in [0.2, 0.25) is 5.91 Å². The zero-order chi connectivity index (χ0) is 14.5. The Labute approximate surface area is 115 Å². The molecule has 0 spiro atoms. The van der Waals surface area contributed by atoms with Gasteiger partial charge >= 0.3 is 5.97 Å². The van der Waals surface area contributed by atoms with Crippen molar-refractivity contribution in [2.45, 2.75) is 31.4 Å². The fourth-order valence-electron chi connectivity index (χ4n) is 2.15. The summed E-state index contributed by atoms with van der Waals surface area (Å²) in [4.78, 5) is 23.0. The molecule has 6 heteroatoms. The molecule has 0 saturated carbocycles. The van der Waals surface area contributed by atoms with Crippen molar-refractivity contribution in [1.82, 2.24) is 5.32 Å². The van der Waals surface area contributed by atoms with E-state index in [2.05, 4.69) is 5.32 Å². The van der Waals surface area contributed by atoms with Gasteiger partial charge in [-0.05, 0) is 30.5 Å². The number of benzene rings is 1. The third-order valence-corrected chi connectivity index (χ3v) is 3.17. The third kappa shape index (κ3) is 3.77. The molecular formula is C14H16FNO4. The van der Waals surface area contributed by atoms with Gasteiger partial charge in [0.05, 0.1) is 0 Å². The smallest absolute Gasteiger partial charge is 0.326 e. The second kappa shape index (κ2) is 6.47. The lowest BCUT2D eigenvalue weighted by atomic mass is 10.1. The summed E-state index contributed by atoms with van der Waals surface area (Å²) in [6.07, 6.45) is 0.841. The maximum absolute atomic E-state index is 13.1. The Kier molecular flexibility index (Phi) is 4.68. The molecule has 2 N–H and O–H groups in total. The van der Waals surface area contributed by atoms with Crippen LogP contribution in [-0.4, -0.2) is 35.7 Å². The van der Waals surface area contributed by atoms with Crippen molar-refractivity contribution >= 4 is 11.9 Å². The van der Waals surface area contributed by atoms with E-state index >= 15 is 0 Å². The van der Waals surface area contributed by atoms with Crippen LogP contribution in [-0.2, 0) is 20.7 Å². The minimum absolute atomic E-state index is 0.0333. The van der Waals surface area contributed by atoms with Crippen molar-refractivity contribution in [1.29, 1.82) is 0 Å². The first kappa shape index (κ1) is 14.5. The van der Waals surface area contributed by atoms with Crippen LogP contribution < -0.4 is 5.32 Å². The van der Waals surface area contributed by atoms with Crippen LogP contribution in [0.4, 0.5) is 4.39 Å². The Bertz CT molecular complexity index is 500. The molecule has 1 fully saturated rings. The van der Waals surface area contributed by atoms with Gasteiger partial charge in [-0.1, -0.05) is 12.1 Å². The van der Waals surface area contributed by atoms with E-state index in [-0.39, 0.29) is 6.42 Å². The van der Waals surface area contributed by atoms with Crippen LogP contribution >= 0.6 is 0 Å². The van der Waals surface area contributed by atoms with Crippen LogP contribution in [0.5, 0.6) is 0 Å². The van der Waals surface area contributed by atoms with E-state index in [1.807, 2.05) is 0 Å². The molecule has 1 saturated heterocycles. The maximum Gasteiger partial charge on any atom is 0.326 e. The lowest BCUT2D eigenvalue weighted by molar-refractivity contribution is -0.143. The number of nitrogens with one attached hydrogen (secondary N) is 1. The van der Waals surface area contributed by atoms with Gasteiger partial charge in [0.1, 0.15) is 18.0 Å². The second-order valence-electron chi connectivity index (χ2n) is 4.74. The number of halogens is 1. The summed E-state index contributed by atoms with van der Waals surface area (Å²) in [5, 5.41) is 11.6. The van der Waals surface area contributed by atoms with E-state index in [1.54, 1.807) is 6.07 Å². The largest absolute Gasteiger partial charge is 0.480 e. The number of rotatable bonds is 5. The summed E-state index contributed by atoms with van der Waals surface area (Å²) >= 11 is 0. The molecule has 2 unspecified atom stereocenters. The minimum atomic E-state index is -1.15. The highest BCUT2D eigenvalue weighted by Gasteiger charge is 2.28. The topological polar surface area (TPSA) is 75.6 Å². The normalized spacial score (nSPS) is 19.6. The lowest BCUT2D eigenvalue weighted by Crippen LogP contribution is -2.46. The summed E-state index contributed by atoms with van der Waals surface area (Å²) in [5.74, 6) is -2.01. The fourth-order valence-corrected chi connectivity index (χ4v) is 2.15. The molecule has 0 bridgehead atoms. The van der Waals surface area contributed by atoms with Gasteiger partial charge in [-0.15, -0.1) is 0 Å². The van der Waals surface area contributed by atoms with Crippen molar-refractivity contribution in [3.63, 3.8) is 0 Å². The van der Waals surface area contributed by atoms with Gasteiger partial charge < -0.3 is 15.2 Å². The predicted molar refractivity (Wildman–Crippen MR) is 68.6 cm³/mol. The Morgan fingerprint density at radius 2 is 2.30 bits per heavy atom. The molecule has 0 aromatic heterocycles. The van der Waals surface area contributed by atoms with Crippen molar-refractivity contribution in [3.05, 3.63) is 35.6 Å². The summed E-state index contributed by atoms with van der Waals surface area (Å²) < 4.78 is 18.3. The number of aliphatic carboxylic acids is 1. The predicted octanol–water partition coefficient (Wildman–Crippen LogP) is 1.12. The SMILES string of the molecule is O=C(O)C(Cc1cccc(F)c1)NC(=O)C1CCCO1. The first-order valence-electron chi connectivity index (χ1n) is 6.45. The number of amides is 1. The Balaban J connectivity index is 2.00. The Morgan fingerprint density at radius 1 is 1.50 bits per heavy atom. The maximum atomic E-state index is 13.1. The third-order valence-electron chi connectivity index (χ3n) is 3.17. The van der Waals surface area contributed by atoms with Gasteiger partial charge in [-0.25, -0.2) is 9.18 Å². The molecule has 5 nitrogen and oxygen atoms in total. The summed E-state index contributed by atoms with van der Waals surface area (Å²) in [7, 11) is 0. The lowest BCUT2D eigenvalue weighted by Gasteiger charge is -2.17. The zero-order valence-electron chi connectivity index (χ0n) is 10.8. The van der Waals surface area contributed by atoms with E-state index in [9.17, 15) is 14.0 Å². The van der Waals surface area contributed by atoms with Gasteiger partial charge in [0, 0.05) is 13.0 Å². The van der Waals surface area contributed by atoms with Crippen molar-refractivity contribution in [2.24, 2.45) is 0 Å². The van der Waals surface area contributed by atoms with Crippen LogP contribution in [0.3, 0.4) is 0 Å². The highest BCUT2D eigenvalue weighted by Crippen LogP contribution is 2.13. The molecule has 1 aromatic rings. The molecule has 0 radical (unpaired) electrons. The number of hydrogen-bond donors (Lipinski definition) is 2. The van der Waals surface area contributed by atoms with Gasteiger partial charge in [0.25, 0.3) is 0 Å². The van der Waals surface area contributed by atoms with Crippen molar-refractivity contribution < 1.29 is 23.8 Å². The molecule has 20 heavy (non-hydrogen) atoms. The summed E-state index contributed by atoms with van der Waals surface area (Å²) in [5.41, 5.74) is 0.519. The number of carbonyl (C=O) groups is 2. The average molecular weight is 281 g/mol. The number of hydrogen-bond acceptors (Lipinski definition) is 3. The molecule has 1 amide bonds. The number of carboxylic acid groups (broad SMARTS) is 1. The zero-order valence-corrected chi connectivity index (χ0v) is 10.8. The van der Waals surface area contributed by atoms with Crippen LogP contribution in [0.1, 0.15) is 18.4 Å². The van der Waals surface area contributed by atoms with Crippen molar-refractivity contribution in [3.8, 4) is 0 Å². The van der Waals surface area contributed by atoms with Gasteiger partial charge in [0.15, 0.2) is 0 Å². The van der Waals surface area contributed by atoms with E-state index in [0.29, 0.717) is 18.6 Å². The molecule has 2 atom stereocenters. The first-order chi connectivity index (χ1) is 9.56. The fraction of sp³-hybridized carbons (Fsp3) is 0.429. The minimum Gasteiger partial charge on any atom is -0.480 e. The van der Waals surface area contributed by atoms with Crippen LogP contribution in [0.2, 0.25) is 0 Å². The molecule has 1 aromatic carbocycles. The molecular weight excluding hydrogens is 265 g/mol. The molecule has 1 heterocycles. The highest BCUT2D eigenvalue weighted by molar-refractivity contribution is 5.86. The van der Waals surface area contributed by atoms with Crippen LogP contribution in [0.25, 0.3) is 0 Å². The first-order valence-corrected chi connectivity index (χ1v) is 6.45. The quantitative estimate of drug-likeness (QED) is 0.848. The summed E-state index contributed by atoms with van der Waals surface area (Å²) in [6.45, 7) is 0.514. The molecule has 1 aliphatic heterocycles. The molecule has 1 aliphatic rings. The van der Waals surface area contributed by atoms with Crippen molar-refractivity contribution in [2.75, 3.05) is 6.61 Å². The molecule has 0 aliphatic carbocycles. The standard InChI is InChI=1S/C14H16FNO4/c15-10-4-1-3-9(7-10)8-11(14(18)19)16-13(17)12-5-2-6-20-12/h1,3-4,7,11-12H,2,5-6,8H2,(H,16,17)(H,18,19). The van der Waals surface area contributed by atoms with Gasteiger partial charge in [-0.2, -0.15) is 0 Å². The van der Waals surface area contributed by atoms with Crippen LogP contribution in [0, 0.1) is 5.82 Å². The number of carbonyl (C=O) groups excluding carboxylic acids is 1. The second-order valence-corrected chi connectivity index (χ2v) is 4.74. The van der Waals surface area contributed by atoms with E-state index in [1.165, 1.54) is 18.2 Å². The highest BCUT2D eigenvalue weighted by atomic mass is 19.1. The molecule has 2 rings (SSSR count). The number of ether oxygens (including phenoxy) is 1. The van der Waals surface area contributed by atoms with E-state index in [0.717, 1.165) is 6.42 Å². The van der Waals surface area contributed by atoms with E-state index in [4.69, 9.17) is 9.84 Å². The average Bonchev–Trinajstić information content (AvgIpc) is 2.91. The van der Waals surface area contributed by atoms with E-state index < -0.39 is 29.8 Å². The summed E-state index contributed by atoms with van der Waals surface area (Å²) in [6, 6.07) is 4.58. The Hall–Kier alpha value is -1.95. The monoisotopic (exact) mass is 281 g/mol. The number of carboxylic acids is 1. The van der Waals surface area contributed by atoms with Crippen LogP contribution in [0.15, 0.2) is 24.3 Å².